The first-order valence-electron chi connectivity index (χ1n) is 5.49. The maximum Gasteiger partial charge on any atom is 0.408 e. The normalized spacial score (nSPS) is 10.8. The molecule has 1 heterocycles. The highest BCUT2D eigenvalue weighted by atomic mass is 16.6. The van der Waals surface area contributed by atoms with Crippen molar-refractivity contribution >= 4 is 25.2 Å². The zero-order valence-electron chi connectivity index (χ0n) is 10.7. The molecule has 0 aromatic carbocycles. The predicted octanol–water partition coefficient (Wildman–Crippen LogP) is 0.583. The summed E-state index contributed by atoms with van der Waals surface area (Å²) in [6.07, 6.45) is 0.757. The molecule has 0 saturated heterocycles. The quantitative estimate of drug-likeness (QED) is 0.625. The molecular formula is C12H15BN2O3. The summed E-state index contributed by atoms with van der Waals surface area (Å²) in [4.78, 5) is 26.8. The minimum Gasteiger partial charge on any atom is -0.444 e. The van der Waals surface area contributed by atoms with Crippen LogP contribution in [-0.2, 0) is 4.74 Å². The van der Waals surface area contributed by atoms with Crippen LogP contribution in [-0.4, -0.2) is 36.9 Å². The molecule has 1 amide bonds. The Morgan fingerprint density at radius 2 is 2.06 bits per heavy atom. The number of amides is 1. The molecule has 18 heavy (non-hydrogen) atoms. The van der Waals surface area contributed by atoms with Gasteiger partial charge in [-0.05, 0) is 26.8 Å². The summed E-state index contributed by atoms with van der Waals surface area (Å²) < 4.78 is 5.00. The van der Waals surface area contributed by atoms with Gasteiger partial charge in [0.05, 0.1) is 6.54 Å². The summed E-state index contributed by atoms with van der Waals surface area (Å²) >= 11 is 0. The predicted molar refractivity (Wildman–Crippen MR) is 68.2 cm³/mol. The van der Waals surface area contributed by atoms with E-state index in [1.807, 2.05) is 0 Å². The van der Waals surface area contributed by atoms with Gasteiger partial charge in [0, 0.05) is 6.20 Å². The van der Waals surface area contributed by atoms with Gasteiger partial charge in [0.1, 0.15) is 19.1 Å². The number of carbonyl (C=O) groups excluding carboxylic acids is 2. The Balaban J connectivity index is 2.47. The van der Waals surface area contributed by atoms with E-state index < -0.39 is 11.7 Å². The fourth-order valence-electron chi connectivity index (χ4n) is 1.13. The number of nitrogens with one attached hydrogen (secondary N) is 1. The lowest BCUT2D eigenvalue weighted by molar-refractivity contribution is 0.0520. The van der Waals surface area contributed by atoms with Crippen LogP contribution in [0.2, 0.25) is 0 Å². The lowest BCUT2D eigenvalue weighted by Gasteiger charge is -2.19. The number of ketones is 1. The van der Waals surface area contributed by atoms with Crippen molar-refractivity contribution in [1.29, 1.82) is 0 Å². The van der Waals surface area contributed by atoms with Crippen molar-refractivity contribution in [2.75, 3.05) is 6.54 Å². The molecule has 1 aromatic heterocycles. The van der Waals surface area contributed by atoms with Gasteiger partial charge in [-0.3, -0.25) is 9.78 Å². The Kier molecular flexibility index (Phi) is 4.47. The van der Waals surface area contributed by atoms with Gasteiger partial charge in [-0.15, -0.1) is 0 Å². The fourth-order valence-corrected chi connectivity index (χ4v) is 1.13. The second-order valence-electron chi connectivity index (χ2n) is 4.76. The summed E-state index contributed by atoms with van der Waals surface area (Å²) in [6, 6.07) is 3.09. The van der Waals surface area contributed by atoms with Gasteiger partial charge in [0.15, 0.2) is 5.78 Å². The molecule has 0 spiro atoms. The molecular weight excluding hydrogens is 231 g/mol. The summed E-state index contributed by atoms with van der Waals surface area (Å²) in [5.41, 5.74) is 0.138. The summed E-state index contributed by atoms with van der Waals surface area (Å²) in [6.45, 7) is 5.08. The van der Waals surface area contributed by atoms with Crippen LogP contribution in [0.15, 0.2) is 18.3 Å². The smallest absolute Gasteiger partial charge is 0.408 e. The van der Waals surface area contributed by atoms with E-state index in [4.69, 9.17) is 12.6 Å². The number of nitrogens with zero attached hydrogens (tertiary/aromatic N) is 1. The molecule has 0 aliphatic rings. The van der Waals surface area contributed by atoms with E-state index in [0.29, 0.717) is 5.46 Å². The highest BCUT2D eigenvalue weighted by Gasteiger charge is 2.17. The molecule has 0 saturated carbocycles. The van der Waals surface area contributed by atoms with E-state index in [-0.39, 0.29) is 18.0 Å². The monoisotopic (exact) mass is 246 g/mol. The van der Waals surface area contributed by atoms with Crippen molar-refractivity contribution in [3.63, 3.8) is 0 Å². The highest BCUT2D eigenvalue weighted by Crippen LogP contribution is 2.06. The molecule has 1 rings (SSSR count). The number of Topliss-reactive ketones (excluding diaryl/α,β-unsaturated/α-hetero) is 1. The number of ether oxygens (including phenoxy) is 1. The number of hydrogen-bond donors (Lipinski definition) is 1. The average Bonchev–Trinajstić information content (AvgIpc) is 2.24. The number of carbonyl (C=O) groups is 2. The van der Waals surface area contributed by atoms with E-state index in [9.17, 15) is 9.59 Å². The van der Waals surface area contributed by atoms with Crippen LogP contribution in [0.3, 0.4) is 0 Å². The molecule has 6 heteroatoms. The van der Waals surface area contributed by atoms with Crippen LogP contribution in [0.5, 0.6) is 0 Å². The van der Waals surface area contributed by atoms with Gasteiger partial charge in [-0.25, -0.2) is 4.79 Å². The largest absolute Gasteiger partial charge is 0.444 e. The number of aromatic nitrogens is 1. The second kappa shape index (κ2) is 5.66. The lowest BCUT2D eigenvalue weighted by atomic mass is 9.98. The van der Waals surface area contributed by atoms with Gasteiger partial charge >= 0.3 is 6.09 Å². The van der Waals surface area contributed by atoms with Crippen LogP contribution < -0.4 is 10.8 Å². The van der Waals surface area contributed by atoms with Crippen molar-refractivity contribution in [2.24, 2.45) is 0 Å². The number of alkyl carbamates (subject to hydrolysis) is 1. The van der Waals surface area contributed by atoms with Gasteiger partial charge in [-0.1, -0.05) is 11.5 Å². The molecule has 1 N–H and O–H groups in total. The number of rotatable bonds is 3. The molecule has 0 bridgehead atoms. The first kappa shape index (κ1) is 14.2. The zero-order chi connectivity index (χ0) is 13.8. The topological polar surface area (TPSA) is 68.3 Å². The van der Waals surface area contributed by atoms with Crippen molar-refractivity contribution in [3.05, 3.63) is 24.0 Å². The number of pyridine rings is 1. The molecule has 94 valence electrons. The van der Waals surface area contributed by atoms with Crippen molar-refractivity contribution in [1.82, 2.24) is 10.3 Å². The molecule has 5 nitrogen and oxygen atoms in total. The Hall–Kier alpha value is -1.85. The van der Waals surface area contributed by atoms with E-state index in [1.54, 1.807) is 26.8 Å². The van der Waals surface area contributed by atoms with E-state index in [1.165, 1.54) is 12.3 Å². The van der Waals surface area contributed by atoms with Crippen molar-refractivity contribution < 1.29 is 14.3 Å². The molecule has 1 aromatic rings. The van der Waals surface area contributed by atoms with E-state index in [2.05, 4.69) is 10.3 Å². The summed E-state index contributed by atoms with van der Waals surface area (Å²) in [5.74, 6) is -0.305. The maximum absolute atomic E-state index is 11.7. The Morgan fingerprint density at radius 3 is 2.56 bits per heavy atom. The molecule has 2 radical (unpaired) electrons. The summed E-state index contributed by atoms with van der Waals surface area (Å²) in [7, 11) is 5.45. The van der Waals surface area contributed by atoms with Crippen LogP contribution in [0.25, 0.3) is 0 Å². The molecule has 0 unspecified atom stereocenters. The van der Waals surface area contributed by atoms with Gasteiger partial charge in [-0.2, -0.15) is 0 Å². The molecule has 0 fully saturated rings. The Morgan fingerprint density at radius 1 is 1.39 bits per heavy atom. The van der Waals surface area contributed by atoms with Gasteiger partial charge in [0.2, 0.25) is 0 Å². The third-order valence-corrected chi connectivity index (χ3v) is 1.86. The maximum atomic E-state index is 11.7. The second-order valence-corrected chi connectivity index (χ2v) is 4.76. The van der Waals surface area contributed by atoms with E-state index in [0.717, 1.165) is 0 Å². The third-order valence-electron chi connectivity index (χ3n) is 1.86. The molecule has 0 aliphatic carbocycles. The van der Waals surface area contributed by atoms with Crippen LogP contribution >= 0.6 is 0 Å². The standard InChI is InChI=1S/C12H15BN2O3/c1-12(2,3)18-11(17)15-7-10(16)9-5-4-8(13)6-14-9/h4-6H,7H2,1-3H3,(H,15,17). The van der Waals surface area contributed by atoms with E-state index >= 15 is 0 Å². The van der Waals surface area contributed by atoms with Crippen LogP contribution in [0.1, 0.15) is 31.3 Å². The molecule has 0 atom stereocenters. The van der Waals surface area contributed by atoms with Crippen molar-refractivity contribution in [2.45, 2.75) is 26.4 Å². The SMILES string of the molecule is [B]c1ccc(C(=O)CNC(=O)OC(C)(C)C)nc1. The Labute approximate surface area is 107 Å². The van der Waals surface area contributed by atoms with Crippen LogP contribution in [0.4, 0.5) is 4.79 Å². The minimum atomic E-state index is -0.633. The first-order valence-corrected chi connectivity index (χ1v) is 5.49. The third kappa shape index (κ3) is 4.99. The average molecular weight is 246 g/mol. The highest BCUT2D eigenvalue weighted by molar-refractivity contribution is 6.32. The minimum absolute atomic E-state index is 0.161. The van der Waals surface area contributed by atoms with Crippen LogP contribution in [0, 0.1) is 0 Å². The number of hydrogen-bond acceptors (Lipinski definition) is 4. The fraction of sp³-hybridized carbons (Fsp3) is 0.417. The van der Waals surface area contributed by atoms with Crippen molar-refractivity contribution in [3.8, 4) is 0 Å². The molecule has 0 aliphatic heterocycles. The van der Waals surface area contributed by atoms with Gasteiger partial charge < -0.3 is 10.1 Å². The Bertz CT molecular complexity index is 438. The lowest BCUT2D eigenvalue weighted by Crippen LogP contribution is -2.35. The summed E-state index contributed by atoms with van der Waals surface area (Å²) in [5, 5.41) is 2.37. The zero-order valence-corrected chi connectivity index (χ0v) is 10.7. The van der Waals surface area contributed by atoms with Gasteiger partial charge in [0.25, 0.3) is 0 Å². The first-order chi connectivity index (χ1) is 8.28.